The molecular weight excluding hydrogens is 198 g/mol. The molecule has 0 unspecified atom stereocenters. The van der Waals surface area contributed by atoms with Crippen LogP contribution >= 0.6 is 0 Å². The lowest BCUT2D eigenvalue weighted by Crippen LogP contribution is -2.43. The molecule has 5 nitrogen and oxygen atoms in total. The first kappa shape index (κ1) is 12.8. The van der Waals surface area contributed by atoms with E-state index in [4.69, 9.17) is 10.8 Å². The van der Waals surface area contributed by atoms with Crippen molar-refractivity contribution in [3.63, 3.8) is 0 Å². The van der Waals surface area contributed by atoms with Crippen LogP contribution < -0.4 is 11.1 Å². The van der Waals surface area contributed by atoms with Crippen LogP contribution in [0.2, 0.25) is 0 Å². The molecule has 0 spiro atoms. The summed E-state index contributed by atoms with van der Waals surface area (Å²) in [5.41, 5.74) is 5.11. The quantitative estimate of drug-likeness (QED) is 0.554. The molecule has 0 rings (SSSR count). The minimum absolute atomic E-state index is 0.0459. The molecule has 0 aromatic carbocycles. The number of hydrogen-bond donors (Lipinski definition) is 3. The summed E-state index contributed by atoms with van der Waals surface area (Å²) in [7, 11) is 0. The van der Waals surface area contributed by atoms with Crippen LogP contribution in [0.1, 0.15) is 12.8 Å². The Balaban J connectivity index is 4.09. The molecule has 0 heterocycles. The first-order valence-electron chi connectivity index (χ1n) is 4.00. The van der Waals surface area contributed by atoms with E-state index in [0.717, 1.165) is 0 Å². The lowest BCUT2D eigenvalue weighted by atomic mass is 10.1. The molecule has 1 atom stereocenters. The second-order valence-corrected chi connectivity index (χ2v) is 2.63. The van der Waals surface area contributed by atoms with Gasteiger partial charge in [-0.1, -0.05) is 0 Å². The average molecular weight is 210 g/mol. The van der Waals surface area contributed by atoms with Crippen LogP contribution in [0, 0.1) is 0 Å². The van der Waals surface area contributed by atoms with Crippen LogP contribution in [0.3, 0.4) is 0 Å². The third kappa shape index (κ3) is 4.70. The van der Waals surface area contributed by atoms with Gasteiger partial charge in [0.25, 0.3) is 5.91 Å². The highest BCUT2D eigenvalue weighted by Crippen LogP contribution is 1.99. The van der Waals surface area contributed by atoms with Crippen molar-refractivity contribution in [3.8, 4) is 0 Å². The van der Waals surface area contributed by atoms with Crippen LogP contribution in [0.15, 0.2) is 0 Å². The molecule has 0 aliphatic heterocycles. The van der Waals surface area contributed by atoms with E-state index in [2.05, 4.69) is 0 Å². The summed E-state index contributed by atoms with van der Waals surface area (Å²) < 4.78 is 23.5. The predicted octanol–water partition coefficient (Wildman–Crippen LogP) is -0.440. The molecule has 14 heavy (non-hydrogen) atoms. The van der Waals surface area contributed by atoms with Gasteiger partial charge in [-0.3, -0.25) is 4.79 Å². The molecule has 1 amide bonds. The molecule has 0 aromatic rings. The topological polar surface area (TPSA) is 92.4 Å². The van der Waals surface area contributed by atoms with Gasteiger partial charge in [0.15, 0.2) is 0 Å². The summed E-state index contributed by atoms with van der Waals surface area (Å²) in [4.78, 5) is 20.9. The van der Waals surface area contributed by atoms with Gasteiger partial charge in [-0.15, -0.1) is 0 Å². The number of hydrogen-bond acceptors (Lipinski definition) is 3. The van der Waals surface area contributed by atoms with Crippen LogP contribution in [0.25, 0.3) is 0 Å². The minimum Gasteiger partial charge on any atom is -0.480 e. The Morgan fingerprint density at radius 2 is 2.00 bits per heavy atom. The van der Waals surface area contributed by atoms with Crippen molar-refractivity contribution in [2.75, 3.05) is 6.54 Å². The first-order valence-corrected chi connectivity index (χ1v) is 4.00. The molecule has 7 heteroatoms. The number of rotatable bonds is 6. The number of carboxylic acids is 1. The SMILES string of the molecule is NCCC[C@H](NC(=O)C(F)F)C(=O)O. The zero-order chi connectivity index (χ0) is 11.1. The number of amides is 1. The molecule has 0 aliphatic carbocycles. The lowest BCUT2D eigenvalue weighted by Gasteiger charge is -2.13. The van der Waals surface area contributed by atoms with Crippen molar-refractivity contribution in [2.24, 2.45) is 5.73 Å². The van der Waals surface area contributed by atoms with Gasteiger partial charge >= 0.3 is 12.4 Å². The van der Waals surface area contributed by atoms with Crippen molar-refractivity contribution in [2.45, 2.75) is 25.3 Å². The van der Waals surface area contributed by atoms with E-state index in [-0.39, 0.29) is 13.0 Å². The van der Waals surface area contributed by atoms with Gasteiger partial charge in [-0.05, 0) is 19.4 Å². The maximum atomic E-state index is 11.7. The van der Waals surface area contributed by atoms with E-state index >= 15 is 0 Å². The summed E-state index contributed by atoms with van der Waals surface area (Å²) in [6.07, 6.45) is -2.81. The van der Waals surface area contributed by atoms with Gasteiger partial charge in [0.1, 0.15) is 6.04 Å². The second-order valence-electron chi connectivity index (χ2n) is 2.63. The van der Waals surface area contributed by atoms with Gasteiger partial charge in [-0.25, -0.2) is 4.79 Å². The standard InChI is InChI=1S/C7H12F2N2O3/c8-5(9)6(12)11-4(7(13)14)2-1-3-10/h4-5H,1-3,10H2,(H,11,12)(H,13,14)/t4-/m0/s1. The fourth-order valence-electron chi connectivity index (χ4n) is 0.814. The van der Waals surface area contributed by atoms with Gasteiger partial charge < -0.3 is 16.2 Å². The van der Waals surface area contributed by atoms with Crippen molar-refractivity contribution < 1.29 is 23.5 Å². The number of carboxylic acid groups (broad SMARTS) is 1. The molecular formula is C7H12F2N2O3. The monoisotopic (exact) mass is 210 g/mol. The maximum absolute atomic E-state index is 11.7. The highest BCUT2D eigenvalue weighted by Gasteiger charge is 2.23. The zero-order valence-electron chi connectivity index (χ0n) is 7.37. The number of aliphatic carboxylic acids is 1. The molecule has 4 N–H and O–H groups in total. The summed E-state index contributed by atoms with van der Waals surface area (Å²) in [6.45, 7) is 0.244. The summed E-state index contributed by atoms with van der Waals surface area (Å²) in [5.74, 6) is -2.91. The minimum atomic E-state index is -3.20. The Morgan fingerprint density at radius 3 is 2.36 bits per heavy atom. The van der Waals surface area contributed by atoms with E-state index in [1.165, 1.54) is 0 Å². The largest absolute Gasteiger partial charge is 0.480 e. The van der Waals surface area contributed by atoms with Gasteiger partial charge in [-0.2, -0.15) is 8.78 Å². The van der Waals surface area contributed by atoms with Crippen molar-refractivity contribution >= 4 is 11.9 Å². The van der Waals surface area contributed by atoms with Crippen molar-refractivity contribution in [3.05, 3.63) is 0 Å². The van der Waals surface area contributed by atoms with Crippen LogP contribution in [-0.4, -0.2) is 36.0 Å². The maximum Gasteiger partial charge on any atom is 0.326 e. The fraction of sp³-hybridized carbons (Fsp3) is 0.714. The van der Waals surface area contributed by atoms with Crippen LogP contribution in [-0.2, 0) is 9.59 Å². The lowest BCUT2D eigenvalue weighted by molar-refractivity contribution is -0.144. The Bertz CT molecular complexity index is 211. The number of nitrogens with two attached hydrogens (primary N) is 1. The number of nitrogens with one attached hydrogen (secondary N) is 1. The Hall–Kier alpha value is -1.24. The summed E-state index contributed by atoms with van der Waals surface area (Å²) >= 11 is 0. The van der Waals surface area contributed by atoms with Gasteiger partial charge in [0.2, 0.25) is 0 Å². The van der Waals surface area contributed by atoms with Gasteiger partial charge in [0, 0.05) is 0 Å². The third-order valence-corrected chi connectivity index (χ3v) is 1.51. The smallest absolute Gasteiger partial charge is 0.326 e. The molecule has 0 fully saturated rings. The van der Waals surface area contributed by atoms with Crippen LogP contribution in [0.4, 0.5) is 8.78 Å². The number of halogens is 2. The van der Waals surface area contributed by atoms with Crippen molar-refractivity contribution in [1.29, 1.82) is 0 Å². The summed E-state index contributed by atoms with van der Waals surface area (Å²) in [5, 5.41) is 10.2. The fourth-order valence-corrected chi connectivity index (χ4v) is 0.814. The van der Waals surface area contributed by atoms with E-state index in [9.17, 15) is 18.4 Å². The normalized spacial score (nSPS) is 12.6. The highest BCUT2D eigenvalue weighted by atomic mass is 19.3. The van der Waals surface area contributed by atoms with E-state index in [1.54, 1.807) is 5.32 Å². The zero-order valence-corrected chi connectivity index (χ0v) is 7.37. The second kappa shape index (κ2) is 6.25. The van der Waals surface area contributed by atoms with Gasteiger partial charge in [0.05, 0.1) is 0 Å². The average Bonchev–Trinajstić information content (AvgIpc) is 2.10. The Kier molecular flexibility index (Phi) is 5.70. The van der Waals surface area contributed by atoms with E-state index < -0.39 is 24.3 Å². The molecule has 82 valence electrons. The predicted molar refractivity (Wildman–Crippen MR) is 43.9 cm³/mol. The molecule has 0 bridgehead atoms. The molecule has 0 saturated carbocycles. The van der Waals surface area contributed by atoms with E-state index in [1.807, 2.05) is 0 Å². The Labute approximate surface area is 79.3 Å². The molecule has 0 aliphatic rings. The highest BCUT2D eigenvalue weighted by molar-refractivity contribution is 5.85. The molecule has 0 radical (unpaired) electrons. The van der Waals surface area contributed by atoms with Crippen LogP contribution in [0.5, 0.6) is 0 Å². The Morgan fingerprint density at radius 1 is 1.43 bits per heavy atom. The first-order chi connectivity index (χ1) is 6.49. The number of alkyl halides is 2. The van der Waals surface area contributed by atoms with Crippen molar-refractivity contribution in [1.82, 2.24) is 5.32 Å². The molecule has 0 saturated heterocycles. The molecule has 0 aromatic heterocycles. The summed E-state index contributed by atoms with van der Waals surface area (Å²) in [6, 6.07) is -1.29. The third-order valence-electron chi connectivity index (χ3n) is 1.51. The van der Waals surface area contributed by atoms with E-state index in [0.29, 0.717) is 6.42 Å². The number of carbonyl (C=O) groups is 2. The number of carbonyl (C=O) groups excluding carboxylic acids is 1.